The molecule has 3 heterocycles. The van der Waals surface area contributed by atoms with Crippen LogP contribution in [0.15, 0.2) is 30.3 Å². The van der Waals surface area contributed by atoms with E-state index in [0.29, 0.717) is 13.0 Å². The maximum Gasteiger partial charge on any atom is 0.228 e. The molecular weight excluding hydrogens is 352 g/mol. The van der Waals surface area contributed by atoms with Gasteiger partial charge in [-0.25, -0.2) is 4.68 Å². The van der Waals surface area contributed by atoms with Crippen LogP contribution in [0.2, 0.25) is 0 Å². The summed E-state index contributed by atoms with van der Waals surface area (Å²) in [6, 6.07) is 10.2. The van der Waals surface area contributed by atoms with Gasteiger partial charge >= 0.3 is 0 Å². The first kappa shape index (κ1) is 18.7. The molecular formula is C22H28N4O2. The summed E-state index contributed by atoms with van der Waals surface area (Å²) in [7, 11) is 0. The molecule has 2 aromatic rings. The fourth-order valence-corrected chi connectivity index (χ4v) is 4.16. The molecule has 1 amide bonds. The molecule has 0 unspecified atom stereocenters. The van der Waals surface area contributed by atoms with E-state index in [1.807, 2.05) is 29.8 Å². The van der Waals surface area contributed by atoms with Crippen molar-refractivity contribution in [2.24, 2.45) is 0 Å². The number of nitrogens with zero attached hydrogens (tertiary/aromatic N) is 4. The van der Waals surface area contributed by atoms with Gasteiger partial charge in [-0.3, -0.25) is 14.5 Å². The maximum absolute atomic E-state index is 12.6. The zero-order chi connectivity index (χ0) is 19.5. The van der Waals surface area contributed by atoms with Crippen molar-refractivity contribution in [3.05, 3.63) is 41.6 Å². The standard InChI is InChI=1S/C22H28N4O2/c1-17-15-21-25(13-4-14-26(21)23-17)22(28)10-9-20(27)16-18-5-7-19(8-6-18)24-11-2-3-12-24/h5-8,15H,2-4,9-14,16H2,1H3. The Balaban J connectivity index is 1.29. The molecule has 0 N–H and O–H groups in total. The number of carbonyl (C=O) groups is 2. The molecule has 0 radical (unpaired) electrons. The molecule has 6 nitrogen and oxygen atoms in total. The molecule has 0 saturated carbocycles. The van der Waals surface area contributed by atoms with E-state index in [-0.39, 0.29) is 24.5 Å². The minimum Gasteiger partial charge on any atom is -0.372 e. The van der Waals surface area contributed by atoms with Crippen LogP contribution in [0.4, 0.5) is 11.5 Å². The average molecular weight is 380 g/mol. The van der Waals surface area contributed by atoms with E-state index < -0.39 is 0 Å². The summed E-state index contributed by atoms with van der Waals surface area (Å²) >= 11 is 0. The minimum atomic E-state index is 0.0126. The van der Waals surface area contributed by atoms with Crippen molar-refractivity contribution in [2.45, 2.75) is 52.0 Å². The molecule has 2 aliphatic heterocycles. The van der Waals surface area contributed by atoms with Gasteiger partial charge in [-0.05, 0) is 43.9 Å². The molecule has 0 bridgehead atoms. The maximum atomic E-state index is 12.6. The predicted octanol–water partition coefficient (Wildman–Crippen LogP) is 3.12. The quantitative estimate of drug-likeness (QED) is 0.773. The fourth-order valence-electron chi connectivity index (χ4n) is 4.16. The first-order valence-corrected chi connectivity index (χ1v) is 10.3. The second kappa shape index (κ2) is 8.17. The molecule has 6 heteroatoms. The third kappa shape index (κ3) is 4.11. The SMILES string of the molecule is Cc1cc2n(n1)CCCN2C(=O)CCC(=O)Cc1ccc(N2CCCC2)cc1. The summed E-state index contributed by atoms with van der Waals surface area (Å²) in [5, 5.41) is 4.42. The first-order chi connectivity index (χ1) is 13.6. The summed E-state index contributed by atoms with van der Waals surface area (Å²) in [5.41, 5.74) is 3.18. The molecule has 148 valence electrons. The lowest BCUT2D eigenvalue weighted by molar-refractivity contribution is -0.123. The Hall–Kier alpha value is -2.63. The Kier molecular flexibility index (Phi) is 5.46. The van der Waals surface area contributed by atoms with Crippen molar-refractivity contribution < 1.29 is 9.59 Å². The lowest BCUT2D eigenvalue weighted by Gasteiger charge is -2.27. The molecule has 1 fully saturated rings. The van der Waals surface area contributed by atoms with Gasteiger partial charge in [0.05, 0.1) is 5.69 Å². The Morgan fingerprint density at radius 3 is 2.46 bits per heavy atom. The zero-order valence-electron chi connectivity index (χ0n) is 16.6. The van der Waals surface area contributed by atoms with Crippen LogP contribution in [0.5, 0.6) is 0 Å². The Bertz CT molecular complexity index is 850. The summed E-state index contributed by atoms with van der Waals surface area (Å²) < 4.78 is 1.89. The number of rotatable bonds is 6. The van der Waals surface area contributed by atoms with Crippen molar-refractivity contribution in [1.29, 1.82) is 0 Å². The molecule has 1 aromatic carbocycles. The summed E-state index contributed by atoms with van der Waals surface area (Å²) in [6.07, 6.45) is 4.35. The second-order valence-electron chi connectivity index (χ2n) is 7.84. The zero-order valence-corrected chi connectivity index (χ0v) is 16.6. The molecule has 28 heavy (non-hydrogen) atoms. The van der Waals surface area contributed by atoms with E-state index >= 15 is 0 Å². The van der Waals surface area contributed by atoms with Crippen molar-refractivity contribution in [2.75, 3.05) is 29.4 Å². The van der Waals surface area contributed by atoms with Crippen LogP contribution in [0.1, 0.15) is 43.4 Å². The number of benzene rings is 1. The highest BCUT2D eigenvalue weighted by molar-refractivity contribution is 5.95. The van der Waals surface area contributed by atoms with E-state index in [2.05, 4.69) is 22.1 Å². The number of fused-ring (bicyclic) bond motifs is 1. The topological polar surface area (TPSA) is 58.4 Å². The number of anilines is 2. The van der Waals surface area contributed by atoms with E-state index in [9.17, 15) is 9.59 Å². The van der Waals surface area contributed by atoms with Gasteiger partial charge < -0.3 is 4.90 Å². The molecule has 1 aromatic heterocycles. The molecule has 0 spiro atoms. The number of hydrogen-bond donors (Lipinski definition) is 0. The third-order valence-electron chi connectivity index (χ3n) is 5.64. The average Bonchev–Trinajstić information content (AvgIpc) is 3.35. The van der Waals surface area contributed by atoms with Crippen LogP contribution >= 0.6 is 0 Å². The van der Waals surface area contributed by atoms with E-state index in [4.69, 9.17) is 0 Å². The van der Waals surface area contributed by atoms with Gasteiger partial charge in [-0.15, -0.1) is 0 Å². The van der Waals surface area contributed by atoms with Gasteiger partial charge in [0, 0.05) is 57.2 Å². The third-order valence-corrected chi connectivity index (χ3v) is 5.64. The van der Waals surface area contributed by atoms with Crippen LogP contribution in [0.3, 0.4) is 0 Å². The minimum absolute atomic E-state index is 0.0126. The highest BCUT2D eigenvalue weighted by Crippen LogP contribution is 2.23. The molecule has 4 rings (SSSR count). The lowest BCUT2D eigenvalue weighted by Crippen LogP contribution is -2.37. The van der Waals surface area contributed by atoms with Crippen LogP contribution < -0.4 is 9.80 Å². The number of ketones is 1. The number of carbonyl (C=O) groups excluding carboxylic acids is 2. The van der Waals surface area contributed by atoms with E-state index in [0.717, 1.165) is 43.1 Å². The molecule has 0 aliphatic carbocycles. The van der Waals surface area contributed by atoms with Gasteiger partial charge in [-0.1, -0.05) is 12.1 Å². The smallest absolute Gasteiger partial charge is 0.228 e. The number of Topliss-reactive ketones (excluding diaryl/α,β-unsaturated/α-hetero) is 1. The second-order valence-corrected chi connectivity index (χ2v) is 7.84. The fraction of sp³-hybridized carbons (Fsp3) is 0.500. The number of hydrogen-bond acceptors (Lipinski definition) is 4. The van der Waals surface area contributed by atoms with E-state index in [1.165, 1.54) is 18.5 Å². The summed E-state index contributed by atoms with van der Waals surface area (Å²) in [5.74, 6) is 0.987. The Morgan fingerprint density at radius 1 is 0.964 bits per heavy atom. The number of aromatic nitrogens is 2. The molecule has 0 atom stereocenters. The van der Waals surface area contributed by atoms with E-state index in [1.54, 1.807) is 4.90 Å². The number of amides is 1. The highest BCUT2D eigenvalue weighted by atomic mass is 16.2. The van der Waals surface area contributed by atoms with Crippen molar-refractivity contribution in [1.82, 2.24) is 9.78 Å². The van der Waals surface area contributed by atoms with Gasteiger partial charge in [0.25, 0.3) is 0 Å². The van der Waals surface area contributed by atoms with Crippen molar-refractivity contribution in [3.8, 4) is 0 Å². The van der Waals surface area contributed by atoms with Gasteiger partial charge in [0.15, 0.2) is 0 Å². The van der Waals surface area contributed by atoms with Crippen LogP contribution in [0.25, 0.3) is 0 Å². The predicted molar refractivity (Wildman–Crippen MR) is 110 cm³/mol. The monoisotopic (exact) mass is 380 g/mol. The van der Waals surface area contributed by atoms with Crippen molar-refractivity contribution in [3.63, 3.8) is 0 Å². The summed E-state index contributed by atoms with van der Waals surface area (Å²) in [4.78, 5) is 29.2. The van der Waals surface area contributed by atoms with Crippen LogP contribution in [0, 0.1) is 6.92 Å². The van der Waals surface area contributed by atoms with Gasteiger partial charge in [-0.2, -0.15) is 5.10 Å². The van der Waals surface area contributed by atoms with Crippen LogP contribution in [-0.2, 0) is 22.6 Å². The Labute approximate surface area is 166 Å². The van der Waals surface area contributed by atoms with Gasteiger partial charge in [0.1, 0.15) is 11.6 Å². The molecule has 2 aliphatic rings. The van der Waals surface area contributed by atoms with Crippen molar-refractivity contribution >= 4 is 23.2 Å². The summed E-state index contributed by atoms with van der Waals surface area (Å²) in [6.45, 7) is 5.73. The highest BCUT2D eigenvalue weighted by Gasteiger charge is 2.24. The number of aryl methyl sites for hydroxylation is 2. The first-order valence-electron chi connectivity index (χ1n) is 10.3. The van der Waals surface area contributed by atoms with Crippen LogP contribution in [-0.4, -0.2) is 41.1 Å². The molecule has 1 saturated heterocycles. The van der Waals surface area contributed by atoms with Gasteiger partial charge in [0.2, 0.25) is 5.91 Å². The Morgan fingerprint density at radius 2 is 1.71 bits per heavy atom. The normalized spacial score (nSPS) is 16.3. The largest absolute Gasteiger partial charge is 0.372 e. The lowest BCUT2D eigenvalue weighted by atomic mass is 10.0.